The van der Waals surface area contributed by atoms with Crippen molar-refractivity contribution in [1.29, 1.82) is 0 Å². The molecule has 0 atom stereocenters. The van der Waals surface area contributed by atoms with E-state index in [0.717, 1.165) is 22.6 Å². The highest BCUT2D eigenvalue weighted by molar-refractivity contribution is 5.94. The molecule has 0 bridgehead atoms. The van der Waals surface area contributed by atoms with Gasteiger partial charge in [0, 0.05) is 24.6 Å². The minimum Gasteiger partial charge on any atom is -0.497 e. The Hall–Kier alpha value is -2.89. The van der Waals surface area contributed by atoms with Gasteiger partial charge >= 0.3 is 0 Å². The van der Waals surface area contributed by atoms with Crippen LogP contribution in [-0.2, 0) is 6.42 Å². The number of carbonyl (C=O) groups is 1. The van der Waals surface area contributed by atoms with Gasteiger partial charge in [-0.2, -0.15) is 0 Å². The molecule has 118 valence electrons. The van der Waals surface area contributed by atoms with Crippen molar-refractivity contribution in [3.63, 3.8) is 0 Å². The summed E-state index contributed by atoms with van der Waals surface area (Å²) in [5, 5.41) is 2.79. The largest absolute Gasteiger partial charge is 0.497 e. The van der Waals surface area contributed by atoms with E-state index in [4.69, 9.17) is 4.74 Å². The standard InChI is InChI=1S/C17H16FN3O2/c1-23-13-6-7-14-15(10-13)21-16(20-14)8-9-19-17(22)11-2-4-12(18)5-3-11/h2-7,10H,8-9H2,1H3,(H,19,22)(H,20,21). The molecule has 0 fully saturated rings. The lowest BCUT2D eigenvalue weighted by Gasteiger charge is -2.03. The average Bonchev–Trinajstić information content (AvgIpc) is 2.97. The fraction of sp³-hybridized carbons (Fsp3) is 0.176. The molecule has 0 aliphatic rings. The minimum absolute atomic E-state index is 0.234. The predicted octanol–water partition coefficient (Wildman–Crippen LogP) is 2.68. The highest BCUT2D eigenvalue weighted by Gasteiger charge is 2.07. The molecular weight excluding hydrogens is 297 g/mol. The molecule has 3 aromatic rings. The summed E-state index contributed by atoms with van der Waals surface area (Å²) < 4.78 is 18.0. The molecule has 0 radical (unpaired) electrons. The Kier molecular flexibility index (Phi) is 4.23. The number of benzene rings is 2. The third-order valence-corrected chi connectivity index (χ3v) is 3.49. The molecule has 1 aromatic heterocycles. The van der Waals surface area contributed by atoms with Crippen molar-refractivity contribution in [3.05, 3.63) is 59.7 Å². The van der Waals surface area contributed by atoms with Crippen LogP contribution in [0.1, 0.15) is 16.2 Å². The number of amides is 1. The molecule has 5 nitrogen and oxygen atoms in total. The molecule has 0 aliphatic carbocycles. The summed E-state index contributed by atoms with van der Waals surface area (Å²) in [4.78, 5) is 19.6. The second kappa shape index (κ2) is 6.48. The Morgan fingerprint density at radius 1 is 1.26 bits per heavy atom. The summed E-state index contributed by atoms with van der Waals surface area (Å²) in [6.45, 7) is 0.438. The van der Waals surface area contributed by atoms with E-state index in [0.29, 0.717) is 18.5 Å². The van der Waals surface area contributed by atoms with Gasteiger partial charge in [0.2, 0.25) is 0 Å². The summed E-state index contributed by atoms with van der Waals surface area (Å²) in [5.74, 6) is 0.951. The Bertz CT molecular complexity index is 827. The van der Waals surface area contributed by atoms with Crippen LogP contribution in [0.15, 0.2) is 42.5 Å². The Morgan fingerprint density at radius 2 is 2.04 bits per heavy atom. The van der Waals surface area contributed by atoms with Crippen LogP contribution in [0.25, 0.3) is 11.0 Å². The molecule has 0 saturated heterocycles. The monoisotopic (exact) mass is 313 g/mol. The summed E-state index contributed by atoms with van der Waals surface area (Å²) in [6.07, 6.45) is 0.573. The number of imidazole rings is 1. The van der Waals surface area contributed by atoms with Crippen molar-refractivity contribution in [2.75, 3.05) is 13.7 Å². The van der Waals surface area contributed by atoms with Gasteiger partial charge in [0.15, 0.2) is 0 Å². The molecule has 0 aliphatic heterocycles. The zero-order valence-electron chi connectivity index (χ0n) is 12.6. The average molecular weight is 313 g/mol. The first kappa shape index (κ1) is 15.0. The van der Waals surface area contributed by atoms with Gasteiger partial charge in [0.1, 0.15) is 17.4 Å². The second-order valence-electron chi connectivity index (χ2n) is 5.08. The maximum Gasteiger partial charge on any atom is 0.251 e. The first-order valence-corrected chi connectivity index (χ1v) is 7.22. The molecule has 23 heavy (non-hydrogen) atoms. The third kappa shape index (κ3) is 3.48. The number of H-pyrrole nitrogens is 1. The number of carbonyl (C=O) groups excluding carboxylic acids is 1. The number of nitrogens with one attached hydrogen (secondary N) is 2. The fourth-order valence-corrected chi connectivity index (χ4v) is 2.28. The SMILES string of the molecule is COc1ccc2nc(CCNC(=O)c3ccc(F)cc3)[nH]c2c1. The van der Waals surface area contributed by atoms with Crippen molar-refractivity contribution in [3.8, 4) is 5.75 Å². The maximum atomic E-state index is 12.8. The van der Waals surface area contributed by atoms with Gasteiger partial charge in [-0.1, -0.05) is 0 Å². The molecule has 1 heterocycles. The maximum absolute atomic E-state index is 12.8. The molecular formula is C17H16FN3O2. The Labute approximate surface area is 132 Å². The normalized spacial score (nSPS) is 10.7. The number of methoxy groups -OCH3 is 1. The van der Waals surface area contributed by atoms with Crippen LogP contribution >= 0.6 is 0 Å². The quantitative estimate of drug-likeness (QED) is 0.761. The van der Waals surface area contributed by atoms with Crippen molar-refractivity contribution < 1.29 is 13.9 Å². The van der Waals surface area contributed by atoms with Crippen molar-refractivity contribution in [1.82, 2.24) is 15.3 Å². The highest BCUT2D eigenvalue weighted by Crippen LogP contribution is 2.18. The van der Waals surface area contributed by atoms with Gasteiger partial charge in [0.05, 0.1) is 18.1 Å². The van der Waals surface area contributed by atoms with Gasteiger partial charge < -0.3 is 15.0 Å². The van der Waals surface area contributed by atoms with Gasteiger partial charge in [-0.3, -0.25) is 4.79 Å². The molecule has 0 saturated carbocycles. The first-order valence-electron chi connectivity index (χ1n) is 7.22. The van der Waals surface area contributed by atoms with Crippen LogP contribution in [0.3, 0.4) is 0 Å². The molecule has 0 unspecified atom stereocenters. The van der Waals surface area contributed by atoms with Gasteiger partial charge in [0.25, 0.3) is 5.91 Å². The summed E-state index contributed by atoms with van der Waals surface area (Å²) in [5.41, 5.74) is 2.18. The zero-order chi connectivity index (χ0) is 16.2. The molecule has 2 N–H and O–H groups in total. The van der Waals surface area contributed by atoms with E-state index >= 15 is 0 Å². The van der Waals surface area contributed by atoms with Crippen LogP contribution in [0.5, 0.6) is 5.75 Å². The van der Waals surface area contributed by atoms with E-state index in [1.807, 2.05) is 18.2 Å². The van der Waals surface area contributed by atoms with Crippen molar-refractivity contribution >= 4 is 16.9 Å². The fourth-order valence-electron chi connectivity index (χ4n) is 2.28. The number of fused-ring (bicyclic) bond motifs is 1. The highest BCUT2D eigenvalue weighted by atomic mass is 19.1. The van der Waals surface area contributed by atoms with E-state index in [2.05, 4.69) is 15.3 Å². The van der Waals surface area contributed by atoms with E-state index in [1.54, 1.807) is 7.11 Å². The first-order chi connectivity index (χ1) is 11.2. The number of hydrogen-bond donors (Lipinski definition) is 2. The number of nitrogens with zero attached hydrogens (tertiary/aromatic N) is 1. The van der Waals surface area contributed by atoms with E-state index in [-0.39, 0.29) is 11.7 Å². The number of hydrogen-bond acceptors (Lipinski definition) is 3. The molecule has 2 aromatic carbocycles. The third-order valence-electron chi connectivity index (χ3n) is 3.49. The number of rotatable bonds is 5. The number of aromatic amines is 1. The molecule has 1 amide bonds. The van der Waals surface area contributed by atoms with E-state index in [1.165, 1.54) is 24.3 Å². The lowest BCUT2D eigenvalue weighted by atomic mass is 10.2. The molecule has 3 rings (SSSR count). The second-order valence-corrected chi connectivity index (χ2v) is 5.08. The number of halogens is 1. The molecule has 6 heteroatoms. The molecule has 0 spiro atoms. The predicted molar refractivity (Wildman–Crippen MR) is 85.1 cm³/mol. The zero-order valence-corrected chi connectivity index (χ0v) is 12.6. The van der Waals surface area contributed by atoms with Crippen LogP contribution in [0.4, 0.5) is 4.39 Å². The van der Waals surface area contributed by atoms with Crippen LogP contribution in [0.2, 0.25) is 0 Å². The minimum atomic E-state index is -0.362. The van der Waals surface area contributed by atoms with Crippen LogP contribution < -0.4 is 10.1 Å². The lowest BCUT2D eigenvalue weighted by Crippen LogP contribution is -2.25. The summed E-state index contributed by atoms with van der Waals surface area (Å²) in [7, 11) is 1.61. The van der Waals surface area contributed by atoms with Gasteiger partial charge in [-0.05, 0) is 36.4 Å². The smallest absolute Gasteiger partial charge is 0.251 e. The van der Waals surface area contributed by atoms with Crippen LogP contribution in [0, 0.1) is 5.82 Å². The van der Waals surface area contributed by atoms with Crippen LogP contribution in [-0.4, -0.2) is 29.5 Å². The van der Waals surface area contributed by atoms with Gasteiger partial charge in [-0.25, -0.2) is 9.37 Å². The summed E-state index contributed by atoms with van der Waals surface area (Å²) >= 11 is 0. The Balaban J connectivity index is 1.60. The lowest BCUT2D eigenvalue weighted by molar-refractivity contribution is 0.0954. The van der Waals surface area contributed by atoms with E-state index < -0.39 is 0 Å². The number of ether oxygens (including phenoxy) is 1. The Morgan fingerprint density at radius 3 is 2.78 bits per heavy atom. The van der Waals surface area contributed by atoms with E-state index in [9.17, 15) is 9.18 Å². The number of aromatic nitrogens is 2. The topological polar surface area (TPSA) is 67.0 Å². The van der Waals surface area contributed by atoms with Crippen molar-refractivity contribution in [2.45, 2.75) is 6.42 Å². The van der Waals surface area contributed by atoms with Crippen molar-refractivity contribution in [2.24, 2.45) is 0 Å². The van der Waals surface area contributed by atoms with Gasteiger partial charge in [-0.15, -0.1) is 0 Å². The summed E-state index contributed by atoms with van der Waals surface area (Å²) in [6, 6.07) is 11.1.